The van der Waals surface area contributed by atoms with E-state index in [2.05, 4.69) is 42.5 Å². The van der Waals surface area contributed by atoms with Crippen LogP contribution in [0.15, 0.2) is 24.4 Å². The van der Waals surface area contributed by atoms with Crippen molar-refractivity contribution in [1.29, 1.82) is 0 Å². The SMILES string of the molecule is CNCOCCn1ncc2cc(C(C)C)ccc21. The van der Waals surface area contributed by atoms with Crippen LogP contribution in [0.4, 0.5) is 0 Å². The molecule has 0 unspecified atom stereocenters. The summed E-state index contributed by atoms with van der Waals surface area (Å²) in [5.74, 6) is 0.553. The van der Waals surface area contributed by atoms with E-state index in [4.69, 9.17) is 4.74 Å². The first kappa shape index (κ1) is 13.1. The van der Waals surface area contributed by atoms with E-state index in [0.29, 0.717) is 19.3 Å². The predicted octanol–water partition coefficient (Wildman–Crippen LogP) is 2.35. The van der Waals surface area contributed by atoms with Crippen LogP contribution in [-0.4, -0.2) is 30.2 Å². The van der Waals surface area contributed by atoms with Crippen molar-refractivity contribution in [2.24, 2.45) is 0 Å². The van der Waals surface area contributed by atoms with Gasteiger partial charge in [0.15, 0.2) is 0 Å². The molecule has 2 aromatic rings. The monoisotopic (exact) mass is 247 g/mol. The summed E-state index contributed by atoms with van der Waals surface area (Å²) in [6.45, 7) is 6.45. The van der Waals surface area contributed by atoms with Crippen molar-refractivity contribution in [1.82, 2.24) is 15.1 Å². The lowest BCUT2D eigenvalue weighted by Crippen LogP contribution is -2.15. The number of rotatable bonds is 6. The zero-order chi connectivity index (χ0) is 13.0. The number of aromatic nitrogens is 2. The van der Waals surface area contributed by atoms with Gasteiger partial charge in [-0.15, -0.1) is 0 Å². The number of hydrogen-bond donors (Lipinski definition) is 1. The summed E-state index contributed by atoms with van der Waals surface area (Å²) in [6.07, 6.45) is 1.93. The van der Waals surface area contributed by atoms with E-state index in [1.165, 1.54) is 16.5 Å². The molecule has 4 heteroatoms. The van der Waals surface area contributed by atoms with Crippen LogP contribution in [0.1, 0.15) is 25.3 Å². The van der Waals surface area contributed by atoms with Crippen LogP contribution in [0.25, 0.3) is 10.9 Å². The minimum absolute atomic E-state index is 0.553. The Hall–Kier alpha value is -1.39. The summed E-state index contributed by atoms with van der Waals surface area (Å²) in [6, 6.07) is 6.55. The van der Waals surface area contributed by atoms with E-state index in [0.717, 1.165) is 6.54 Å². The lowest BCUT2D eigenvalue weighted by atomic mass is 10.0. The van der Waals surface area contributed by atoms with Crippen LogP contribution >= 0.6 is 0 Å². The summed E-state index contributed by atoms with van der Waals surface area (Å²) in [7, 11) is 1.87. The van der Waals surface area contributed by atoms with Crippen LogP contribution in [-0.2, 0) is 11.3 Å². The van der Waals surface area contributed by atoms with Crippen molar-refractivity contribution in [2.45, 2.75) is 26.3 Å². The van der Waals surface area contributed by atoms with Gasteiger partial charge < -0.3 is 4.74 Å². The minimum atomic E-state index is 0.553. The molecule has 0 aliphatic carbocycles. The van der Waals surface area contributed by atoms with E-state index < -0.39 is 0 Å². The molecule has 0 amide bonds. The van der Waals surface area contributed by atoms with Crippen LogP contribution < -0.4 is 5.32 Å². The van der Waals surface area contributed by atoms with E-state index >= 15 is 0 Å². The van der Waals surface area contributed by atoms with E-state index in [1.807, 2.05) is 17.9 Å². The molecule has 1 N–H and O–H groups in total. The van der Waals surface area contributed by atoms with Gasteiger partial charge in [0.2, 0.25) is 0 Å². The minimum Gasteiger partial charge on any atom is -0.364 e. The van der Waals surface area contributed by atoms with E-state index in [-0.39, 0.29) is 0 Å². The molecular weight excluding hydrogens is 226 g/mol. The predicted molar refractivity (Wildman–Crippen MR) is 73.7 cm³/mol. The fourth-order valence-electron chi connectivity index (χ4n) is 1.97. The smallest absolute Gasteiger partial charge is 0.0963 e. The summed E-state index contributed by atoms with van der Waals surface area (Å²) in [5.41, 5.74) is 2.53. The molecule has 0 aliphatic heterocycles. The second kappa shape index (κ2) is 5.98. The van der Waals surface area contributed by atoms with Gasteiger partial charge in [-0.1, -0.05) is 19.9 Å². The molecular formula is C14H21N3O. The van der Waals surface area contributed by atoms with Gasteiger partial charge in [-0.25, -0.2) is 0 Å². The maximum Gasteiger partial charge on any atom is 0.0963 e. The largest absolute Gasteiger partial charge is 0.364 e. The molecule has 0 fully saturated rings. The van der Waals surface area contributed by atoms with E-state index in [9.17, 15) is 0 Å². The normalized spacial score (nSPS) is 11.6. The highest BCUT2D eigenvalue weighted by atomic mass is 16.5. The number of hydrogen-bond acceptors (Lipinski definition) is 3. The number of ether oxygens (including phenoxy) is 1. The fourth-order valence-corrected chi connectivity index (χ4v) is 1.97. The highest BCUT2D eigenvalue weighted by Gasteiger charge is 2.05. The Bertz CT molecular complexity index is 505. The summed E-state index contributed by atoms with van der Waals surface area (Å²) in [4.78, 5) is 0. The maximum atomic E-state index is 5.40. The molecule has 1 heterocycles. The second-order valence-electron chi connectivity index (χ2n) is 4.75. The Morgan fingerprint density at radius 2 is 2.22 bits per heavy atom. The third kappa shape index (κ3) is 2.89. The Morgan fingerprint density at radius 3 is 2.94 bits per heavy atom. The third-order valence-corrected chi connectivity index (χ3v) is 3.03. The van der Waals surface area contributed by atoms with Crippen molar-refractivity contribution in [2.75, 3.05) is 20.4 Å². The topological polar surface area (TPSA) is 39.1 Å². The molecule has 0 aliphatic rings. The first-order valence-corrected chi connectivity index (χ1v) is 6.40. The van der Waals surface area contributed by atoms with Gasteiger partial charge in [0.05, 0.1) is 31.6 Å². The fraction of sp³-hybridized carbons (Fsp3) is 0.500. The van der Waals surface area contributed by atoms with Gasteiger partial charge in [0, 0.05) is 5.39 Å². The van der Waals surface area contributed by atoms with Gasteiger partial charge in [-0.3, -0.25) is 10.00 Å². The van der Waals surface area contributed by atoms with Crippen molar-refractivity contribution in [3.05, 3.63) is 30.0 Å². The zero-order valence-electron chi connectivity index (χ0n) is 11.3. The van der Waals surface area contributed by atoms with Crippen molar-refractivity contribution >= 4 is 10.9 Å². The Morgan fingerprint density at radius 1 is 1.39 bits per heavy atom. The first-order valence-electron chi connectivity index (χ1n) is 6.40. The molecule has 0 saturated heterocycles. The maximum absolute atomic E-state index is 5.40. The van der Waals surface area contributed by atoms with Crippen LogP contribution in [0.5, 0.6) is 0 Å². The molecule has 0 atom stereocenters. The number of benzene rings is 1. The molecule has 1 aromatic heterocycles. The second-order valence-corrected chi connectivity index (χ2v) is 4.75. The molecule has 1 aromatic carbocycles. The molecule has 0 spiro atoms. The van der Waals surface area contributed by atoms with Crippen LogP contribution in [0, 0.1) is 0 Å². The quantitative estimate of drug-likeness (QED) is 0.629. The molecule has 18 heavy (non-hydrogen) atoms. The molecule has 0 bridgehead atoms. The average molecular weight is 247 g/mol. The molecule has 0 saturated carbocycles. The van der Waals surface area contributed by atoms with Gasteiger partial charge in [-0.2, -0.15) is 5.10 Å². The Balaban J connectivity index is 2.11. The molecule has 0 radical (unpaired) electrons. The number of nitrogens with zero attached hydrogens (tertiary/aromatic N) is 2. The molecule has 4 nitrogen and oxygen atoms in total. The summed E-state index contributed by atoms with van der Waals surface area (Å²) >= 11 is 0. The van der Waals surface area contributed by atoms with Gasteiger partial charge in [0.1, 0.15) is 0 Å². The lowest BCUT2D eigenvalue weighted by Gasteiger charge is -2.07. The van der Waals surface area contributed by atoms with Gasteiger partial charge >= 0.3 is 0 Å². The van der Waals surface area contributed by atoms with Gasteiger partial charge in [0.25, 0.3) is 0 Å². The standard InChI is InChI=1S/C14H21N3O/c1-11(2)12-4-5-14-13(8-12)9-16-17(14)6-7-18-10-15-3/h4-5,8-9,11,15H,6-7,10H2,1-3H3. The number of fused-ring (bicyclic) bond motifs is 1. The zero-order valence-corrected chi connectivity index (χ0v) is 11.3. The average Bonchev–Trinajstić information content (AvgIpc) is 2.77. The Kier molecular flexibility index (Phi) is 4.33. The van der Waals surface area contributed by atoms with Crippen molar-refractivity contribution < 1.29 is 4.74 Å². The summed E-state index contributed by atoms with van der Waals surface area (Å²) in [5, 5.41) is 8.57. The Labute approximate surface area is 108 Å². The van der Waals surface area contributed by atoms with E-state index in [1.54, 1.807) is 0 Å². The highest BCUT2D eigenvalue weighted by Crippen LogP contribution is 2.21. The number of nitrogens with one attached hydrogen (secondary N) is 1. The van der Waals surface area contributed by atoms with Gasteiger partial charge in [-0.05, 0) is 30.7 Å². The third-order valence-electron chi connectivity index (χ3n) is 3.03. The summed E-state index contributed by atoms with van der Waals surface area (Å²) < 4.78 is 7.39. The van der Waals surface area contributed by atoms with Crippen molar-refractivity contribution in [3.8, 4) is 0 Å². The van der Waals surface area contributed by atoms with Crippen LogP contribution in [0.3, 0.4) is 0 Å². The molecule has 98 valence electrons. The molecule has 2 rings (SSSR count). The highest BCUT2D eigenvalue weighted by molar-refractivity contribution is 5.79. The van der Waals surface area contributed by atoms with Crippen LogP contribution in [0.2, 0.25) is 0 Å². The lowest BCUT2D eigenvalue weighted by molar-refractivity contribution is 0.113. The first-order chi connectivity index (χ1) is 8.72. The van der Waals surface area contributed by atoms with Crippen molar-refractivity contribution in [3.63, 3.8) is 0 Å².